The Balaban J connectivity index is 1.78. The van der Waals surface area contributed by atoms with Gasteiger partial charge in [-0.2, -0.15) is 13.2 Å². The molecule has 0 amide bonds. The molecule has 0 radical (unpaired) electrons. The van der Waals surface area contributed by atoms with E-state index in [0.29, 0.717) is 52.8 Å². The lowest BCUT2D eigenvalue weighted by atomic mass is 9.98. The Labute approximate surface area is 207 Å². The summed E-state index contributed by atoms with van der Waals surface area (Å²) in [6.07, 6.45) is -3.33. The minimum Gasteiger partial charge on any atom is -0.543 e. The number of nitrogens with zero attached hydrogens (tertiary/aromatic N) is 1. The number of hydrogen-bond donors (Lipinski definition) is 0. The normalized spacial score (nSPS) is 13.9. The zero-order chi connectivity index (χ0) is 25.3. The Morgan fingerprint density at radius 2 is 1.69 bits per heavy atom. The summed E-state index contributed by atoms with van der Waals surface area (Å²) in [5.74, 6) is -2.02. The van der Waals surface area contributed by atoms with E-state index in [2.05, 4.69) is 4.98 Å². The van der Waals surface area contributed by atoms with Crippen molar-refractivity contribution in [2.45, 2.75) is 32.0 Å². The van der Waals surface area contributed by atoms with Gasteiger partial charge in [-0.1, -0.05) is 29.3 Å². The molecule has 0 fully saturated rings. The monoisotopic (exact) mass is 524 g/mol. The summed E-state index contributed by atoms with van der Waals surface area (Å²) in [4.78, 5) is 15.2. The molecule has 0 saturated carbocycles. The number of halogens is 6. The van der Waals surface area contributed by atoms with Gasteiger partial charge in [-0.05, 0) is 72.9 Å². The van der Waals surface area contributed by atoms with Crippen LogP contribution in [-0.4, -0.2) is 11.0 Å². The molecular weight excluding hydrogens is 509 g/mol. The maximum absolute atomic E-state index is 14.2. The van der Waals surface area contributed by atoms with Gasteiger partial charge in [-0.25, -0.2) is 9.37 Å². The van der Waals surface area contributed by atoms with E-state index in [0.717, 1.165) is 12.1 Å². The highest BCUT2D eigenvalue weighted by molar-refractivity contribution is 6.31. The minimum atomic E-state index is -4.77. The number of carboxylic acid groups (broad SMARTS) is 1. The number of carboxylic acids is 1. The number of rotatable bonds is 6. The third-order valence-corrected chi connectivity index (χ3v) is 6.02. The molecule has 2 aromatic carbocycles. The number of hydrogen-bond acceptors (Lipinski definition) is 4. The van der Waals surface area contributed by atoms with Crippen molar-refractivity contribution >= 4 is 40.3 Å². The number of carbonyl (C=O) groups is 1. The molecule has 0 saturated heterocycles. The Morgan fingerprint density at radius 1 is 1.00 bits per heavy atom. The van der Waals surface area contributed by atoms with Crippen LogP contribution in [0.2, 0.25) is 10.0 Å². The summed E-state index contributed by atoms with van der Waals surface area (Å²) < 4.78 is 60.3. The Hall–Kier alpha value is -3.10. The van der Waals surface area contributed by atoms with Gasteiger partial charge in [0.15, 0.2) is 0 Å². The summed E-state index contributed by atoms with van der Waals surface area (Å²) in [7, 11) is 0. The fraction of sp³-hybridized carbons (Fsp3) is 0.200. The Morgan fingerprint density at radius 3 is 2.37 bits per heavy atom. The second-order valence-electron chi connectivity index (χ2n) is 7.89. The zero-order valence-corrected chi connectivity index (χ0v) is 19.4. The standard InChI is InChI=1S/C25H17Cl2F4NO3/c26-15-6-7-23(35-12-13-4-5-16(27)11-20(13)28)19(10-15)17-2-1-3-18(17)21-8-14(25(29,30)31)9-22(32-21)24(33)34/h4-11H,1-3,12H2,(H,33,34)/p-1. The number of benzene rings is 2. The van der Waals surface area contributed by atoms with Crippen molar-refractivity contribution in [3.05, 3.63) is 92.5 Å². The molecule has 10 heteroatoms. The average Bonchev–Trinajstić information content (AvgIpc) is 3.28. The predicted octanol–water partition coefficient (Wildman–Crippen LogP) is 6.58. The van der Waals surface area contributed by atoms with E-state index >= 15 is 0 Å². The first-order valence-corrected chi connectivity index (χ1v) is 11.2. The van der Waals surface area contributed by atoms with Gasteiger partial charge in [-0.15, -0.1) is 0 Å². The highest BCUT2D eigenvalue weighted by Crippen LogP contribution is 2.44. The van der Waals surface area contributed by atoms with Crippen LogP contribution in [0.3, 0.4) is 0 Å². The second-order valence-corrected chi connectivity index (χ2v) is 8.76. The van der Waals surface area contributed by atoms with Gasteiger partial charge in [0.1, 0.15) is 18.2 Å². The van der Waals surface area contributed by atoms with Crippen LogP contribution in [0.15, 0.2) is 48.5 Å². The topological polar surface area (TPSA) is 62.2 Å². The van der Waals surface area contributed by atoms with E-state index in [4.69, 9.17) is 27.9 Å². The molecule has 0 N–H and O–H groups in total. The third-order valence-electron chi connectivity index (χ3n) is 5.55. The van der Waals surface area contributed by atoms with Gasteiger partial charge in [0, 0.05) is 21.2 Å². The van der Waals surface area contributed by atoms with Crippen LogP contribution < -0.4 is 9.84 Å². The van der Waals surface area contributed by atoms with Gasteiger partial charge >= 0.3 is 6.18 Å². The van der Waals surface area contributed by atoms with Crippen LogP contribution in [0.4, 0.5) is 17.6 Å². The molecule has 1 aliphatic rings. The minimum absolute atomic E-state index is 0.110. The van der Waals surface area contributed by atoms with Crippen LogP contribution in [0.5, 0.6) is 5.75 Å². The second kappa shape index (κ2) is 9.87. The van der Waals surface area contributed by atoms with Crippen LogP contribution in [0, 0.1) is 5.82 Å². The summed E-state index contributed by atoms with van der Waals surface area (Å²) in [6.45, 7) is -0.128. The molecule has 4 rings (SSSR count). The van der Waals surface area contributed by atoms with E-state index in [-0.39, 0.29) is 22.9 Å². The maximum Gasteiger partial charge on any atom is 0.416 e. The molecule has 0 bridgehead atoms. The predicted molar refractivity (Wildman–Crippen MR) is 121 cm³/mol. The van der Waals surface area contributed by atoms with Crippen LogP contribution in [0.1, 0.15) is 52.1 Å². The number of alkyl halides is 3. The third kappa shape index (κ3) is 5.60. The Bertz CT molecular complexity index is 1340. The first kappa shape index (κ1) is 25.0. The number of ether oxygens (including phenoxy) is 1. The van der Waals surface area contributed by atoms with Crippen molar-refractivity contribution in [3.63, 3.8) is 0 Å². The fourth-order valence-electron chi connectivity index (χ4n) is 3.94. The molecule has 0 spiro atoms. The SMILES string of the molecule is O=C([O-])c1cc(C(F)(F)F)cc(C2=C(c3cc(Cl)ccc3OCc3ccc(Cl)cc3F)CCC2)n1. The maximum atomic E-state index is 14.2. The highest BCUT2D eigenvalue weighted by Gasteiger charge is 2.33. The van der Waals surface area contributed by atoms with E-state index < -0.39 is 29.2 Å². The lowest BCUT2D eigenvalue weighted by Gasteiger charge is -2.17. The first-order chi connectivity index (χ1) is 16.5. The number of allylic oxidation sites excluding steroid dienone is 2. The lowest BCUT2D eigenvalue weighted by molar-refractivity contribution is -0.255. The van der Waals surface area contributed by atoms with Crippen molar-refractivity contribution in [2.24, 2.45) is 0 Å². The molecular formula is C25H16Cl2F4NO3-. The molecule has 3 aromatic rings. The van der Waals surface area contributed by atoms with Crippen molar-refractivity contribution in [1.82, 2.24) is 4.98 Å². The molecule has 1 aliphatic carbocycles. The van der Waals surface area contributed by atoms with Crippen molar-refractivity contribution in [2.75, 3.05) is 0 Å². The molecule has 4 nitrogen and oxygen atoms in total. The van der Waals surface area contributed by atoms with Gasteiger partial charge in [0.2, 0.25) is 0 Å². The number of aromatic nitrogens is 1. The fourth-order valence-corrected chi connectivity index (χ4v) is 4.27. The molecule has 0 atom stereocenters. The summed E-state index contributed by atoms with van der Waals surface area (Å²) >= 11 is 12.0. The van der Waals surface area contributed by atoms with Gasteiger partial charge in [-0.3, -0.25) is 0 Å². The number of carbonyl (C=O) groups excluding carboxylic acids is 1. The van der Waals surface area contributed by atoms with Gasteiger partial charge in [0.05, 0.1) is 22.9 Å². The van der Waals surface area contributed by atoms with E-state index in [9.17, 15) is 27.5 Å². The molecule has 1 aromatic heterocycles. The van der Waals surface area contributed by atoms with Crippen molar-refractivity contribution in [1.29, 1.82) is 0 Å². The Kier molecular flexibility index (Phi) is 7.05. The van der Waals surface area contributed by atoms with E-state index in [1.54, 1.807) is 18.2 Å². The van der Waals surface area contributed by atoms with Crippen molar-refractivity contribution < 1.29 is 32.2 Å². The van der Waals surface area contributed by atoms with Crippen LogP contribution >= 0.6 is 23.2 Å². The first-order valence-electron chi connectivity index (χ1n) is 10.4. The molecule has 1 heterocycles. The van der Waals surface area contributed by atoms with Gasteiger partial charge < -0.3 is 14.6 Å². The van der Waals surface area contributed by atoms with Crippen LogP contribution in [0.25, 0.3) is 11.1 Å². The molecule has 0 aliphatic heterocycles. The lowest BCUT2D eigenvalue weighted by Crippen LogP contribution is -2.25. The largest absolute Gasteiger partial charge is 0.543 e. The summed E-state index contributed by atoms with van der Waals surface area (Å²) in [6, 6.07) is 10.2. The van der Waals surface area contributed by atoms with E-state index in [1.807, 2.05) is 0 Å². The molecule has 35 heavy (non-hydrogen) atoms. The average molecular weight is 525 g/mol. The summed E-state index contributed by atoms with van der Waals surface area (Å²) in [5.41, 5.74) is -0.224. The van der Waals surface area contributed by atoms with Gasteiger partial charge in [0.25, 0.3) is 0 Å². The number of pyridine rings is 1. The van der Waals surface area contributed by atoms with Crippen LogP contribution in [-0.2, 0) is 12.8 Å². The van der Waals surface area contributed by atoms with E-state index in [1.165, 1.54) is 12.1 Å². The summed E-state index contributed by atoms with van der Waals surface area (Å²) in [5, 5.41) is 11.9. The highest BCUT2D eigenvalue weighted by atomic mass is 35.5. The molecule has 182 valence electrons. The molecule has 0 unspecified atom stereocenters. The number of aromatic carboxylic acids is 1. The zero-order valence-electron chi connectivity index (χ0n) is 17.9. The smallest absolute Gasteiger partial charge is 0.416 e. The van der Waals surface area contributed by atoms with Crippen molar-refractivity contribution in [3.8, 4) is 5.75 Å². The quantitative estimate of drug-likeness (QED) is 0.341.